The summed E-state index contributed by atoms with van der Waals surface area (Å²) < 4.78 is 52.9. The van der Waals surface area contributed by atoms with Crippen molar-refractivity contribution in [1.82, 2.24) is 9.29 Å². The number of aromatic nitrogens is 1. The first-order valence-corrected chi connectivity index (χ1v) is 9.81. The Hall–Kier alpha value is -1.58. The molecule has 3 rings (SSSR count). The van der Waals surface area contributed by atoms with Crippen LogP contribution in [0, 0.1) is 18.6 Å². The van der Waals surface area contributed by atoms with Crippen LogP contribution in [-0.2, 0) is 10.0 Å². The second-order valence-corrected chi connectivity index (χ2v) is 8.52. The summed E-state index contributed by atoms with van der Waals surface area (Å²) in [6.45, 7) is 2.50. The Kier molecular flexibility index (Phi) is 4.84. The third-order valence-electron chi connectivity index (χ3n) is 3.87. The topological polar surface area (TPSA) is 62.3 Å². The molecule has 1 fully saturated rings. The van der Waals surface area contributed by atoms with Crippen molar-refractivity contribution in [3.8, 4) is 0 Å². The van der Waals surface area contributed by atoms with E-state index in [1.54, 1.807) is 0 Å². The molecule has 1 aliphatic heterocycles. The highest BCUT2D eigenvalue weighted by molar-refractivity contribution is 7.89. The van der Waals surface area contributed by atoms with Crippen molar-refractivity contribution in [2.24, 2.45) is 0 Å². The molecular weight excluding hydrogens is 356 g/mol. The largest absolute Gasteiger partial charge is 0.359 e. The van der Waals surface area contributed by atoms with Crippen LogP contribution in [0.3, 0.4) is 0 Å². The van der Waals surface area contributed by atoms with E-state index in [0.29, 0.717) is 32.0 Å². The molecule has 1 N–H and O–H groups in total. The van der Waals surface area contributed by atoms with Gasteiger partial charge in [0.25, 0.3) is 0 Å². The van der Waals surface area contributed by atoms with Crippen LogP contribution in [-0.4, -0.2) is 36.8 Å². The molecule has 0 spiro atoms. The maximum atomic E-state index is 13.3. The van der Waals surface area contributed by atoms with Gasteiger partial charge in [-0.2, -0.15) is 4.31 Å². The first-order chi connectivity index (χ1) is 11.3. The van der Waals surface area contributed by atoms with Gasteiger partial charge in [-0.25, -0.2) is 22.2 Å². The first kappa shape index (κ1) is 17.2. The quantitative estimate of drug-likeness (QED) is 0.895. The second kappa shape index (κ2) is 6.73. The molecule has 2 aromatic rings. The number of nitrogens with zero attached hydrogens (tertiary/aromatic N) is 2. The second-order valence-electron chi connectivity index (χ2n) is 5.72. The van der Waals surface area contributed by atoms with E-state index >= 15 is 0 Å². The van der Waals surface area contributed by atoms with Crippen molar-refractivity contribution in [2.75, 3.05) is 18.4 Å². The zero-order valence-electron chi connectivity index (χ0n) is 13.0. The predicted octanol–water partition coefficient (Wildman–Crippen LogP) is 2.99. The SMILES string of the molecule is Cc1csc(NC2CCN(S(=O)(=O)c3cc(F)cc(F)c3)CC2)n1. The number of benzene rings is 1. The van der Waals surface area contributed by atoms with Gasteiger partial charge < -0.3 is 5.32 Å². The summed E-state index contributed by atoms with van der Waals surface area (Å²) in [5.74, 6) is -1.80. The van der Waals surface area contributed by atoms with E-state index in [4.69, 9.17) is 0 Å². The van der Waals surface area contributed by atoms with Gasteiger partial charge in [0, 0.05) is 30.6 Å². The molecule has 1 saturated heterocycles. The van der Waals surface area contributed by atoms with Gasteiger partial charge in [-0.05, 0) is 31.9 Å². The molecule has 0 unspecified atom stereocenters. The number of thiazole rings is 1. The fourth-order valence-corrected chi connectivity index (χ4v) is 4.94. The van der Waals surface area contributed by atoms with Crippen molar-refractivity contribution in [1.29, 1.82) is 0 Å². The first-order valence-electron chi connectivity index (χ1n) is 7.49. The highest BCUT2D eigenvalue weighted by atomic mass is 32.2. The van der Waals surface area contributed by atoms with Crippen LogP contribution in [0.15, 0.2) is 28.5 Å². The predicted molar refractivity (Wildman–Crippen MR) is 88.6 cm³/mol. The highest BCUT2D eigenvalue weighted by Crippen LogP contribution is 2.24. The summed E-state index contributed by atoms with van der Waals surface area (Å²) >= 11 is 1.51. The Balaban J connectivity index is 1.67. The Morgan fingerprint density at radius 2 is 1.83 bits per heavy atom. The summed E-state index contributed by atoms with van der Waals surface area (Å²) in [5.41, 5.74) is 0.940. The third kappa shape index (κ3) is 3.73. The zero-order valence-corrected chi connectivity index (χ0v) is 14.6. The Bertz CT molecular complexity index is 811. The maximum absolute atomic E-state index is 13.3. The third-order valence-corrected chi connectivity index (χ3v) is 6.64. The number of halogens is 2. The number of sulfonamides is 1. The lowest BCUT2D eigenvalue weighted by atomic mass is 10.1. The van der Waals surface area contributed by atoms with E-state index < -0.39 is 21.7 Å². The number of rotatable bonds is 4. The summed E-state index contributed by atoms with van der Waals surface area (Å²) in [4.78, 5) is 3.99. The zero-order chi connectivity index (χ0) is 17.3. The summed E-state index contributed by atoms with van der Waals surface area (Å²) in [5, 5.41) is 6.06. The summed E-state index contributed by atoms with van der Waals surface area (Å²) in [7, 11) is -3.89. The molecule has 9 heteroatoms. The van der Waals surface area contributed by atoms with Gasteiger partial charge in [-0.1, -0.05) is 0 Å². The molecular formula is C15H17F2N3O2S2. The van der Waals surface area contributed by atoms with Crippen molar-refractivity contribution in [3.63, 3.8) is 0 Å². The fourth-order valence-electron chi connectivity index (χ4n) is 2.66. The van der Waals surface area contributed by atoms with Gasteiger partial charge in [0.2, 0.25) is 10.0 Å². The lowest BCUT2D eigenvalue weighted by molar-refractivity contribution is 0.329. The summed E-state index contributed by atoms with van der Waals surface area (Å²) in [6, 6.07) is 2.49. The standard InChI is InChI=1S/C15H17F2N3O2S2/c1-10-9-23-15(18-10)19-13-2-4-20(5-3-13)24(21,22)14-7-11(16)6-12(17)8-14/h6-9,13H,2-5H2,1H3,(H,18,19). The van der Waals surface area contributed by atoms with Crippen LogP contribution in [0.1, 0.15) is 18.5 Å². The molecule has 0 saturated carbocycles. The fraction of sp³-hybridized carbons (Fsp3) is 0.400. The number of piperidine rings is 1. The number of hydrogen-bond donors (Lipinski definition) is 1. The number of nitrogens with one attached hydrogen (secondary N) is 1. The summed E-state index contributed by atoms with van der Waals surface area (Å²) in [6.07, 6.45) is 1.21. The normalized spacial score (nSPS) is 17.1. The van der Waals surface area contributed by atoms with Crippen LogP contribution >= 0.6 is 11.3 Å². The average Bonchev–Trinajstić information content (AvgIpc) is 2.92. The lowest BCUT2D eigenvalue weighted by Crippen LogP contribution is -2.42. The van der Waals surface area contributed by atoms with Crippen molar-refractivity contribution in [2.45, 2.75) is 30.7 Å². The van der Waals surface area contributed by atoms with E-state index in [2.05, 4.69) is 10.3 Å². The van der Waals surface area contributed by atoms with Gasteiger partial charge in [0.05, 0.1) is 10.6 Å². The minimum Gasteiger partial charge on any atom is -0.359 e. The van der Waals surface area contributed by atoms with Crippen molar-refractivity contribution < 1.29 is 17.2 Å². The van der Waals surface area contributed by atoms with Gasteiger partial charge in [-0.3, -0.25) is 0 Å². The van der Waals surface area contributed by atoms with Gasteiger partial charge in [0.1, 0.15) is 11.6 Å². The average molecular weight is 373 g/mol. The van der Waals surface area contributed by atoms with E-state index in [0.717, 1.165) is 23.0 Å². The molecule has 0 radical (unpaired) electrons. The lowest BCUT2D eigenvalue weighted by Gasteiger charge is -2.31. The van der Waals surface area contributed by atoms with Crippen LogP contribution in [0.4, 0.5) is 13.9 Å². The molecule has 130 valence electrons. The number of hydrogen-bond acceptors (Lipinski definition) is 5. The molecule has 5 nitrogen and oxygen atoms in total. The molecule has 0 aliphatic carbocycles. The van der Waals surface area contributed by atoms with Crippen LogP contribution in [0.2, 0.25) is 0 Å². The smallest absolute Gasteiger partial charge is 0.243 e. The highest BCUT2D eigenvalue weighted by Gasteiger charge is 2.30. The molecule has 0 atom stereocenters. The molecule has 0 bridgehead atoms. The minimum atomic E-state index is -3.89. The van der Waals surface area contributed by atoms with E-state index in [1.807, 2.05) is 12.3 Å². The molecule has 0 amide bonds. The van der Waals surface area contributed by atoms with E-state index in [-0.39, 0.29) is 10.9 Å². The van der Waals surface area contributed by atoms with Crippen LogP contribution < -0.4 is 5.32 Å². The Morgan fingerprint density at radius 1 is 1.21 bits per heavy atom. The van der Waals surface area contributed by atoms with Crippen molar-refractivity contribution in [3.05, 3.63) is 40.9 Å². The molecule has 24 heavy (non-hydrogen) atoms. The number of aryl methyl sites for hydroxylation is 1. The Labute approximate surface area is 143 Å². The molecule has 1 aromatic heterocycles. The minimum absolute atomic E-state index is 0.131. The monoisotopic (exact) mass is 373 g/mol. The van der Waals surface area contributed by atoms with Crippen LogP contribution in [0.25, 0.3) is 0 Å². The Morgan fingerprint density at radius 3 is 2.38 bits per heavy atom. The maximum Gasteiger partial charge on any atom is 0.243 e. The van der Waals surface area contributed by atoms with Crippen molar-refractivity contribution >= 4 is 26.5 Å². The van der Waals surface area contributed by atoms with E-state index in [9.17, 15) is 17.2 Å². The molecule has 1 aliphatic rings. The van der Waals surface area contributed by atoms with Crippen LogP contribution in [0.5, 0.6) is 0 Å². The molecule has 1 aromatic carbocycles. The number of anilines is 1. The van der Waals surface area contributed by atoms with Gasteiger partial charge >= 0.3 is 0 Å². The van der Waals surface area contributed by atoms with E-state index in [1.165, 1.54) is 15.6 Å². The molecule has 2 heterocycles. The van der Waals surface area contributed by atoms with Gasteiger partial charge in [-0.15, -0.1) is 11.3 Å². The van der Waals surface area contributed by atoms with Gasteiger partial charge in [0.15, 0.2) is 5.13 Å².